The SMILES string of the molecule is C[C@H](NCC#N)C1CCCC1. The molecule has 1 aliphatic rings. The molecule has 0 spiro atoms. The molecule has 0 heterocycles. The Labute approximate surface area is 68.6 Å². The van der Waals surface area contributed by atoms with E-state index < -0.39 is 0 Å². The van der Waals surface area contributed by atoms with Crippen molar-refractivity contribution in [3.05, 3.63) is 0 Å². The van der Waals surface area contributed by atoms with Gasteiger partial charge < -0.3 is 5.32 Å². The summed E-state index contributed by atoms with van der Waals surface area (Å²) in [4.78, 5) is 0. The first-order valence-corrected chi connectivity index (χ1v) is 4.45. The average Bonchev–Trinajstić information content (AvgIpc) is 2.52. The molecule has 0 amide bonds. The Kier molecular flexibility index (Phi) is 3.38. The van der Waals surface area contributed by atoms with Gasteiger partial charge in [0.25, 0.3) is 0 Å². The third-order valence-corrected chi connectivity index (χ3v) is 2.61. The van der Waals surface area contributed by atoms with Crippen LogP contribution >= 0.6 is 0 Å². The van der Waals surface area contributed by atoms with Crippen LogP contribution in [0.25, 0.3) is 0 Å². The smallest absolute Gasteiger partial charge is 0.0843 e. The molecule has 0 aliphatic heterocycles. The number of rotatable bonds is 3. The van der Waals surface area contributed by atoms with Gasteiger partial charge in [0.2, 0.25) is 0 Å². The normalized spacial score (nSPS) is 21.5. The van der Waals surface area contributed by atoms with Gasteiger partial charge in [-0.15, -0.1) is 0 Å². The number of nitrogens with one attached hydrogen (secondary N) is 1. The van der Waals surface area contributed by atoms with Gasteiger partial charge >= 0.3 is 0 Å². The van der Waals surface area contributed by atoms with Crippen LogP contribution in [0.3, 0.4) is 0 Å². The summed E-state index contributed by atoms with van der Waals surface area (Å²) in [7, 11) is 0. The van der Waals surface area contributed by atoms with Gasteiger partial charge in [0.05, 0.1) is 12.6 Å². The lowest BCUT2D eigenvalue weighted by atomic mass is 10.00. The Morgan fingerprint density at radius 2 is 2.18 bits per heavy atom. The summed E-state index contributed by atoms with van der Waals surface area (Å²) in [5.41, 5.74) is 0. The molecule has 11 heavy (non-hydrogen) atoms. The summed E-state index contributed by atoms with van der Waals surface area (Å²) in [5.74, 6) is 0.823. The maximum Gasteiger partial charge on any atom is 0.0843 e. The Hall–Kier alpha value is -0.550. The lowest BCUT2D eigenvalue weighted by molar-refractivity contribution is 0.396. The highest BCUT2D eigenvalue weighted by atomic mass is 14.9. The maximum absolute atomic E-state index is 8.35. The summed E-state index contributed by atoms with van der Waals surface area (Å²) in [6.45, 7) is 2.69. The van der Waals surface area contributed by atoms with Crippen LogP contribution in [-0.2, 0) is 0 Å². The lowest BCUT2D eigenvalue weighted by Gasteiger charge is -2.18. The van der Waals surface area contributed by atoms with Crippen molar-refractivity contribution in [2.24, 2.45) is 5.92 Å². The van der Waals surface area contributed by atoms with Crippen LogP contribution < -0.4 is 5.32 Å². The summed E-state index contributed by atoms with van der Waals surface area (Å²) in [6, 6.07) is 2.65. The molecule has 2 heteroatoms. The zero-order valence-corrected chi connectivity index (χ0v) is 7.14. The second-order valence-corrected chi connectivity index (χ2v) is 3.37. The molecule has 0 aromatic carbocycles. The fourth-order valence-corrected chi connectivity index (χ4v) is 1.83. The molecule has 1 saturated carbocycles. The monoisotopic (exact) mass is 152 g/mol. The number of hydrogen-bond donors (Lipinski definition) is 1. The first kappa shape index (κ1) is 8.55. The van der Waals surface area contributed by atoms with Crippen molar-refractivity contribution in [1.82, 2.24) is 5.32 Å². The second kappa shape index (κ2) is 4.35. The van der Waals surface area contributed by atoms with Gasteiger partial charge in [-0.1, -0.05) is 12.8 Å². The van der Waals surface area contributed by atoms with Gasteiger partial charge in [-0.25, -0.2) is 0 Å². The van der Waals surface area contributed by atoms with E-state index in [1.54, 1.807) is 0 Å². The average molecular weight is 152 g/mol. The van der Waals surface area contributed by atoms with Gasteiger partial charge in [0, 0.05) is 6.04 Å². The van der Waals surface area contributed by atoms with E-state index in [-0.39, 0.29) is 0 Å². The summed E-state index contributed by atoms with van der Waals surface area (Å²) < 4.78 is 0. The molecule has 62 valence electrons. The molecule has 1 fully saturated rings. The molecule has 1 aliphatic carbocycles. The predicted octanol–water partition coefficient (Wildman–Crippen LogP) is 1.68. The molecular weight excluding hydrogens is 136 g/mol. The Balaban J connectivity index is 2.18. The standard InChI is InChI=1S/C9H16N2/c1-8(11-7-6-10)9-4-2-3-5-9/h8-9,11H,2-5,7H2,1H3/t8-/m0/s1. The third-order valence-electron chi connectivity index (χ3n) is 2.61. The van der Waals surface area contributed by atoms with Crippen LogP contribution in [0, 0.1) is 17.2 Å². The van der Waals surface area contributed by atoms with Gasteiger partial charge in [0.1, 0.15) is 0 Å². The van der Waals surface area contributed by atoms with E-state index in [0.717, 1.165) is 5.92 Å². The van der Waals surface area contributed by atoms with Crippen molar-refractivity contribution >= 4 is 0 Å². The van der Waals surface area contributed by atoms with Crippen molar-refractivity contribution < 1.29 is 0 Å². The van der Waals surface area contributed by atoms with Gasteiger partial charge in [-0.05, 0) is 25.7 Å². The first-order valence-electron chi connectivity index (χ1n) is 4.45. The predicted molar refractivity (Wildman–Crippen MR) is 45.0 cm³/mol. The van der Waals surface area contributed by atoms with Crippen LogP contribution in [-0.4, -0.2) is 12.6 Å². The molecule has 0 bridgehead atoms. The van der Waals surface area contributed by atoms with E-state index in [1.807, 2.05) is 0 Å². The van der Waals surface area contributed by atoms with E-state index in [4.69, 9.17) is 5.26 Å². The topological polar surface area (TPSA) is 35.8 Å². The molecule has 0 radical (unpaired) electrons. The van der Waals surface area contributed by atoms with Crippen molar-refractivity contribution in [1.29, 1.82) is 5.26 Å². The van der Waals surface area contributed by atoms with Gasteiger partial charge in [-0.2, -0.15) is 5.26 Å². The largest absolute Gasteiger partial charge is 0.302 e. The van der Waals surface area contributed by atoms with E-state index >= 15 is 0 Å². The zero-order chi connectivity index (χ0) is 8.10. The maximum atomic E-state index is 8.35. The molecule has 0 unspecified atom stereocenters. The fourth-order valence-electron chi connectivity index (χ4n) is 1.83. The molecule has 0 aromatic heterocycles. The molecule has 1 atom stereocenters. The van der Waals surface area contributed by atoms with Crippen molar-refractivity contribution in [2.75, 3.05) is 6.54 Å². The van der Waals surface area contributed by atoms with E-state index in [2.05, 4.69) is 18.3 Å². The molecule has 0 aromatic rings. The van der Waals surface area contributed by atoms with E-state index in [9.17, 15) is 0 Å². The lowest BCUT2D eigenvalue weighted by Crippen LogP contribution is -2.32. The Morgan fingerprint density at radius 1 is 1.55 bits per heavy atom. The first-order chi connectivity index (χ1) is 5.34. The van der Waals surface area contributed by atoms with Crippen molar-refractivity contribution in [3.8, 4) is 6.07 Å². The molecule has 2 nitrogen and oxygen atoms in total. The minimum absolute atomic E-state index is 0.498. The Morgan fingerprint density at radius 3 is 2.73 bits per heavy atom. The minimum atomic E-state index is 0.498. The van der Waals surface area contributed by atoms with E-state index in [1.165, 1.54) is 25.7 Å². The molecule has 0 saturated heterocycles. The third kappa shape index (κ3) is 2.51. The molecule has 1 N–H and O–H groups in total. The van der Waals surface area contributed by atoms with Crippen LogP contribution in [0.2, 0.25) is 0 Å². The summed E-state index contributed by atoms with van der Waals surface area (Å²) in [5, 5.41) is 11.6. The summed E-state index contributed by atoms with van der Waals surface area (Å²) in [6.07, 6.45) is 5.45. The van der Waals surface area contributed by atoms with Gasteiger partial charge in [-0.3, -0.25) is 0 Å². The quantitative estimate of drug-likeness (QED) is 0.624. The van der Waals surface area contributed by atoms with Crippen LogP contribution in [0.4, 0.5) is 0 Å². The van der Waals surface area contributed by atoms with E-state index in [0.29, 0.717) is 12.6 Å². The zero-order valence-electron chi connectivity index (χ0n) is 7.14. The second-order valence-electron chi connectivity index (χ2n) is 3.37. The highest BCUT2D eigenvalue weighted by Crippen LogP contribution is 2.27. The number of hydrogen-bond acceptors (Lipinski definition) is 2. The van der Waals surface area contributed by atoms with Crippen molar-refractivity contribution in [2.45, 2.75) is 38.6 Å². The number of nitrogens with zero attached hydrogens (tertiary/aromatic N) is 1. The minimum Gasteiger partial charge on any atom is -0.302 e. The van der Waals surface area contributed by atoms with Crippen LogP contribution in [0.5, 0.6) is 0 Å². The molecule has 1 rings (SSSR count). The highest BCUT2D eigenvalue weighted by molar-refractivity contribution is 4.81. The molecular formula is C9H16N2. The highest BCUT2D eigenvalue weighted by Gasteiger charge is 2.20. The summed E-state index contributed by atoms with van der Waals surface area (Å²) >= 11 is 0. The van der Waals surface area contributed by atoms with Crippen LogP contribution in [0.1, 0.15) is 32.6 Å². The Bertz CT molecular complexity index is 142. The number of nitriles is 1. The van der Waals surface area contributed by atoms with Crippen molar-refractivity contribution in [3.63, 3.8) is 0 Å². The van der Waals surface area contributed by atoms with Crippen LogP contribution in [0.15, 0.2) is 0 Å². The van der Waals surface area contributed by atoms with Gasteiger partial charge in [0.15, 0.2) is 0 Å². The fraction of sp³-hybridized carbons (Fsp3) is 0.889.